The Morgan fingerprint density at radius 1 is 1.46 bits per heavy atom. The second-order valence-corrected chi connectivity index (χ2v) is 8.29. The number of aromatic nitrogens is 3. The minimum absolute atomic E-state index is 0.274. The number of anilines is 1. The Morgan fingerprint density at radius 2 is 2.21 bits per heavy atom. The fourth-order valence-corrected chi connectivity index (χ4v) is 3.59. The van der Waals surface area contributed by atoms with E-state index in [0.29, 0.717) is 5.82 Å². The average Bonchev–Trinajstić information content (AvgIpc) is 3.11. The SMILES string of the molecule is CC1=CCC(c2cc(N(C)C(=O)OC(C)(C)C)n3nccc3n2)S1. The monoisotopic (exact) mass is 346 g/mol. The lowest BCUT2D eigenvalue weighted by atomic mass is 10.2. The van der Waals surface area contributed by atoms with Gasteiger partial charge in [0.05, 0.1) is 17.1 Å². The number of allylic oxidation sites excluding steroid dienone is 2. The van der Waals surface area contributed by atoms with E-state index in [0.717, 1.165) is 17.8 Å². The van der Waals surface area contributed by atoms with Gasteiger partial charge in [0.25, 0.3) is 0 Å². The number of hydrogen-bond acceptors (Lipinski definition) is 5. The van der Waals surface area contributed by atoms with E-state index in [2.05, 4.69) is 18.1 Å². The van der Waals surface area contributed by atoms with Crippen LogP contribution in [0.4, 0.5) is 10.6 Å². The highest BCUT2D eigenvalue weighted by molar-refractivity contribution is 8.03. The first kappa shape index (κ1) is 16.8. The predicted molar refractivity (Wildman–Crippen MR) is 96.3 cm³/mol. The summed E-state index contributed by atoms with van der Waals surface area (Å²) in [5, 5.41) is 4.56. The summed E-state index contributed by atoms with van der Waals surface area (Å²) in [4.78, 5) is 19.9. The predicted octanol–water partition coefficient (Wildman–Crippen LogP) is 4.18. The van der Waals surface area contributed by atoms with Crippen LogP contribution in [0, 0.1) is 0 Å². The van der Waals surface area contributed by atoms with E-state index in [-0.39, 0.29) is 5.25 Å². The van der Waals surface area contributed by atoms with Gasteiger partial charge in [-0.15, -0.1) is 11.8 Å². The molecule has 0 saturated heterocycles. The highest BCUT2D eigenvalue weighted by Crippen LogP contribution is 2.43. The third-order valence-corrected chi connectivity index (χ3v) is 4.91. The van der Waals surface area contributed by atoms with Gasteiger partial charge < -0.3 is 4.74 Å². The quantitative estimate of drug-likeness (QED) is 0.816. The van der Waals surface area contributed by atoms with Gasteiger partial charge >= 0.3 is 6.09 Å². The summed E-state index contributed by atoms with van der Waals surface area (Å²) in [6.45, 7) is 7.66. The van der Waals surface area contributed by atoms with E-state index in [1.54, 1.807) is 29.5 Å². The van der Waals surface area contributed by atoms with Crippen molar-refractivity contribution in [2.75, 3.05) is 11.9 Å². The lowest BCUT2D eigenvalue weighted by molar-refractivity contribution is 0.0587. The standard InChI is InChI=1S/C17H22N4O2S/c1-11-6-7-13(24-11)12-10-15(21-14(19-12)8-9-18-21)20(5)16(22)23-17(2,3)4/h6,8-10,13H,7H2,1-5H3. The molecular formula is C17H22N4O2S. The third-order valence-electron chi connectivity index (χ3n) is 3.65. The maximum Gasteiger partial charge on any atom is 0.415 e. The largest absolute Gasteiger partial charge is 0.443 e. The molecule has 128 valence electrons. The summed E-state index contributed by atoms with van der Waals surface area (Å²) in [7, 11) is 1.69. The molecule has 24 heavy (non-hydrogen) atoms. The molecule has 0 saturated carbocycles. The molecule has 1 aliphatic rings. The average molecular weight is 346 g/mol. The summed E-state index contributed by atoms with van der Waals surface area (Å²) in [5.41, 5.74) is 1.13. The fourth-order valence-electron chi connectivity index (χ4n) is 2.52. The van der Waals surface area contributed by atoms with Crippen LogP contribution in [0.25, 0.3) is 5.65 Å². The number of thioether (sulfide) groups is 1. The van der Waals surface area contributed by atoms with E-state index in [1.807, 2.05) is 32.9 Å². The first-order valence-electron chi connectivity index (χ1n) is 7.89. The van der Waals surface area contributed by atoms with Crippen LogP contribution in [0.2, 0.25) is 0 Å². The van der Waals surface area contributed by atoms with Crippen LogP contribution in [0.3, 0.4) is 0 Å². The van der Waals surface area contributed by atoms with Crippen molar-refractivity contribution in [2.45, 2.75) is 45.0 Å². The van der Waals surface area contributed by atoms with Gasteiger partial charge in [0.1, 0.15) is 11.4 Å². The summed E-state index contributed by atoms with van der Waals surface area (Å²) < 4.78 is 7.13. The topological polar surface area (TPSA) is 59.7 Å². The molecule has 3 heterocycles. The van der Waals surface area contributed by atoms with Gasteiger partial charge in [0.15, 0.2) is 5.65 Å². The van der Waals surface area contributed by atoms with E-state index in [1.165, 1.54) is 9.81 Å². The smallest absolute Gasteiger partial charge is 0.415 e. The van der Waals surface area contributed by atoms with Gasteiger partial charge in [-0.3, -0.25) is 4.90 Å². The van der Waals surface area contributed by atoms with Crippen LogP contribution in [-0.2, 0) is 4.74 Å². The number of carbonyl (C=O) groups is 1. The molecule has 1 atom stereocenters. The van der Waals surface area contributed by atoms with Crippen molar-refractivity contribution in [1.29, 1.82) is 0 Å². The Labute approximate surface area is 145 Å². The Hall–Kier alpha value is -2.02. The van der Waals surface area contributed by atoms with Gasteiger partial charge in [-0.2, -0.15) is 9.61 Å². The van der Waals surface area contributed by atoms with Crippen LogP contribution in [0.1, 0.15) is 45.1 Å². The number of rotatable bonds is 2. The summed E-state index contributed by atoms with van der Waals surface area (Å²) in [6, 6.07) is 3.77. The lowest BCUT2D eigenvalue weighted by Crippen LogP contribution is -2.35. The maximum absolute atomic E-state index is 12.4. The Bertz CT molecular complexity index is 807. The molecule has 7 heteroatoms. The zero-order valence-electron chi connectivity index (χ0n) is 14.6. The lowest BCUT2D eigenvalue weighted by Gasteiger charge is -2.25. The molecule has 1 unspecified atom stereocenters. The summed E-state index contributed by atoms with van der Waals surface area (Å²) >= 11 is 1.80. The number of hydrogen-bond donors (Lipinski definition) is 0. The molecular weight excluding hydrogens is 324 g/mol. The number of nitrogens with zero attached hydrogens (tertiary/aromatic N) is 4. The second kappa shape index (κ2) is 6.12. The number of amides is 1. The van der Waals surface area contributed by atoms with Gasteiger partial charge in [-0.05, 0) is 39.0 Å². The summed E-state index contributed by atoms with van der Waals surface area (Å²) in [6.07, 6.45) is 4.44. The van der Waals surface area contributed by atoms with E-state index >= 15 is 0 Å². The van der Waals surface area contributed by atoms with E-state index in [4.69, 9.17) is 9.72 Å². The molecule has 2 aromatic rings. The third kappa shape index (κ3) is 3.40. The van der Waals surface area contributed by atoms with Crippen molar-refractivity contribution in [3.05, 3.63) is 35.0 Å². The zero-order valence-corrected chi connectivity index (χ0v) is 15.4. The number of fused-ring (bicyclic) bond motifs is 1. The van der Waals surface area contributed by atoms with Crippen LogP contribution in [-0.4, -0.2) is 33.3 Å². The first-order valence-corrected chi connectivity index (χ1v) is 8.77. The van der Waals surface area contributed by atoms with Gasteiger partial charge in [-0.1, -0.05) is 6.08 Å². The highest BCUT2D eigenvalue weighted by atomic mass is 32.2. The van der Waals surface area contributed by atoms with Crippen molar-refractivity contribution < 1.29 is 9.53 Å². The van der Waals surface area contributed by atoms with Crippen molar-refractivity contribution in [3.63, 3.8) is 0 Å². The van der Waals surface area contributed by atoms with Crippen LogP contribution < -0.4 is 4.90 Å². The van der Waals surface area contributed by atoms with Gasteiger partial charge in [0, 0.05) is 19.2 Å². The molecule has 1 amide bonds. The van der Waals surface area contributed by atoms with Crippen LogP contribution in [0.5, 0.6) is 0 Å². The Morgan fingerprint density at radius 3 is 2.83 bits per heavy atom. The second-order valence-electron chi connectivity index (χ2n) is 6.84. The minimum atomic E-state index is -0.549. The molecule has 1 aliphatic heterocycles. The van der Waals surface area contributed by atoms with Crippen molar-refractivity contribution in [2.24, 2.45) is 0 Å². The van der Waals surface area contributed by atoms with Gasteiger partial charge in [-0.25, -0.2) is 9.78 Å². The molecule has 0 spiro atoms. The number of carbonyl (C=O) groups excluding carboxylic acids is 1. The molecule has 0 radical (unpaired) electrons. The van der Waals surface area contributed by atoms with Crippen LogP contribution >= 0.6 is 11.8 Å². The van der Waals surface area contributed by atoms with Crippen LogP contribution in [0.15, 0.2) is 29.3 Å². The van der Waals surface area contributed by atoms with Crippen molar-refractivity contribution >= 4 is 29.3 Å². The van der Waals surface area contributed by atoms with Gasteiger partial charge in [0.2, 0.25) is 0 Å². The van der Waals surface area contributed by atoms with Crippen molar-refractivity contribution in [3.8, 4) is 0 Å². The number of ether oxygens (including phenoxy) is 1. The zero-order chi connectivity index (χ0) is 17.5. The molecule has 3 rings (SSSR count). The molecule has 0 bridgehead atoms. The molecule has 0 N–H and O–H groups in total. The molecule has 2 aromatic heterocycles. The maximum atomic E-state index is 12.4. The first-order chi connectivity index (χ1) is 11.2. The minimum Gasteiger partial charge on any atom is -0.443 e. The molecule has 0 fully saturated rings. The normalized spacial score (nSPS) is 17.9. The van der Waals surface area contributed by atoms with E-state index < -0.39 is 11.7 Å². The molecule has 0 aromatic carbocycles. The molecule has 0 aliphatic carbocycles. The molecule has 6 nitrogen and oxygen atoms in total. The Kier molecular flexibility index (Phi) is 4.29. The fraction of sp³-hybridized carbons (Fsp3) is 0.471. The highest BCUT2D eigenvalue weighted by Gasteiger charge is 2.25. The Balaban J connectivity index is 1.97. The van der Waals surface area contributed by atoms with E-state index in [9.17, 15) is 4.79 Å². The summed E-state index contributed by atoms with van der Waals surface area (Å²) in [5.74, 6) is 0.652. The van der Waals surface area contributed by atoms with Crippen molar-refractivity contribution in [1.82, 2.24) is 14.6 Å².